The molecule has 2 aliphatic rings. The molecule has 6 nitrogen and oxygen atoms in total. The molecular formula is C16H21N3O3. The second kappa shape index (κ2) is 6.25. The van der Waals surface area contributed by atoms with Crippen LogP contribution in [0.15, 0.2) is 24.3 Å². The highest BCUT2D eigenvalue weighted by Gasteiger charge is 2.30. The van der Waals surface area contributed by atoms with Crippen molar-refractivity contribution in [2.75, 3.05) is 26.2 Å². The number of ether oxygens (including phenoxy) is 1. The summed E-state index contributed by atoms with van der Waals surface area (Å²) in [6.07, 6.45) is 1.56. The van der Waals surface area contributed by atoms with Gasteiger partial charge >= 0.3 is 6.03 Å². The number of benzene rings is 1. The third-order valence-electron chi connectivity index (χ3n) is 4.38. The number of primary amides is 1. The van der Waals surface area contributed by atoms with Gasteiger partial charge in [0.2, 0.25) is 5.91 Å². The predicted molar refractivity (Wildman–Crippen MR) is 81.4 cm³/mol. The van der Waals surface area contributed by atoms with Gasteiger partial charge in [0.05, 0.1) is 12.5 Å². The molecule has 3 rings (SSSR count). The standard InChI is InChI=1S/C16H21N3O3/c17-15(20)13-5-6-19(9-13)16(21)18-8-11-7-12-3-1-2-4-14(12)22-10-11/h1-4,11,13H,5-10H2,(H2,17,20)(H,18,21)/t11-,13-/m0/s1. The number of nitrogens with two attached hydrogens (primary N) is 1. The number of nitrogens with one attached hydrogen (secondary N) is 1. The lowest BCUT2D eigenvalue weighted by Gasteiger charge is -2.26. The van der Waals surface area contributed by atoms with Crippen molar-refractivity contribution in [2.24, 2.45) is 17.6 Å². The fraction of sp³-hybridized carbons (Fsp3) is 0.500. The van der Waals surface area contributed by atoms with Crippen molar-refractivity contribution in [3.05, 3.63) is 29.8 Å². The Bertz CT molecular complexity index is 576. The molecule has 0 aromatic heterocycles. The van der Waals surface area contributed by atoms with Gasteiger partial charge in [-0.15, -0.1) is 0 Å². The van der Waals surface area contributed by atoms with E-state index < -0.39 is 0 Å². The second-order valence-electron chi connectivity index (χ2n) is 6.01. The van der Waals surface area contributed by atoms with Crippen molar-refractivity contribution in [3.8, 4) is 5.75 Å². The minimum absolute atomic E-state index is 0.123. The summed E-state index contributed by atoms with van der Waals surface area (Å²) < 4.78 is 5.72. The summed E-state index contributed by atoms with van der Waals surface area (Å²) >= 11 is 0. The van der Waals surface area contributed by atoms with E-state index in [-0.39, 0.29) is 23.8 Å². The Kier molecular flexibility index (Phi) is 4.18. The first-order valence-corrected chi connectivity index (χ1v) is 7.66. The molecule has 1 aromatic rings. The van der Waals surface area contributed by atoms with Crippen molar-refractivity contribution in [1.29, 1.82) is 0 Å². The van der Waals surface area contributed by atoms with Gasteiger partial charge in [-0.3, -0.25) is 4.79 Å². The molecule has 2 heterocycles. The Morgan fingerprint density at radius 1 is 1.36 bits per heavy atom. The zero-order valence-electron chi connectivity index (χ0n) is 12.5. The van der Waals surface area contributed by atoms with E-state index in [1.807, 2.05) is 18.2 Å². The first-order valence-electron chi connectivity index (χ1n) is 7.66. The summed E-state index contributed by atoms with van der Waals surface area (Å²) in [5.74, 6) is 0.672. The fourth-order valence-corrected chi connectivity index (χ4v) is 3.04. The number of amides is 3. The van der Waals surface area contributed by atoms with Gasteiger partial charge in [-0.25, -0.2) is 4.79 Å². The summed E-state index contributed by atoms with van der Waals surface area (Å²) in [4.78, 5) is 24.9. The van der Waals surface area contributed by atoms with Crippen LogP contribution in [0.4, 0.5) is 4.79 Å². The molecule has 0 saturated carbocycles. The smallest absolute Gasteiger partial charge is 0.317 e. The highest BCUT2D eigenvalue weighted by molar-refractivity contribution is 5.80. The molecular weight excluding hydrogens is 282 g/mol. The highest BCUT2D eigenvalue weighted by Crippen LogP contribution is 2.26. The maximum Gasteiger partial charge on any atom is 0.317 e. The van der Waals surface area contributed by atoms with Crippen LogP contribution in [0.5, 0.6) is 5.75 Å². The van der Waals surface area contributed by atoms with Crippen molar-refractivity contribution >= 4 is 11.9 Å². The van der Waals surface area contributed by atoms with Crippen molar-refractivity contribution < 1.29 is 14.3 Å². The minimum atomic E-state index is -0.326. The zero-order chi connectivity index (χ0) is 15.5. The molecule has 3 amide bonds. The Morgan fingerprint density at radius 3 is 2.95 bits per heavy atom. The SMILES string of the molecule is NC(=O)[C@H]1CCN(C(=O)NC[C@H]2COc3ccccc3C2)C1. The molecule has 6 heteroatoms. The Labute approximate surface area is 129 Å². The summed E-state index contributed by atoms with van der Waals surface area (Å²) in [5, 5.41) is 2.94. The van der Waals surface area contributed by atoms with Crippen LogP contribution in [0.1, 0.15) is 12.0 Å². The lowest BCUT2D eigenvalue weighted by atomic mass is 9.97. The van der Waals surface area contributed by atoms with Crippen LogP contribution in [-0.4, -0.2) is 43.1 Å². The average molecular weight is 303 g/mol. The van der Waals surface area contributed by atoms with E-state index in [1.165, 1.54) is 5.56 Å². The molecule has 1 fully saturated rings. The number of carbonyl (C=O) groups is 2. The second-order valence-corrected chi connectivity index (χ2v) is 6.01. The van der Waals surface area contributed by atoms with E-state index in [0.29, 0.717) is 32.7 Å². The van der Waals surface area contributed by atoms with Crippen molar-refractivity contribution in [3.63, 3.8) is 0 Å². The van der Waals surface area contributed by atoms with Gasteiger partial charge in [0, 0.05) is 25.6 Å². The first-order chi connectivity index (χ1) is 10.6. The number of fused-ring (bicyclic) bond motifs is 1. The molecule has 2 atom stereocenters. The van der Waals surface area contributed by atoms with Gasteiger partial charge < -0.3 is 20.7 Å². The lowest BCUT2D eigenvalue weighted by molar-refractivity contribution is -0.121. The van der Waals surface area contributed by atoms with Crippen LogP contribution in [0.2, 0.25) is 0 Å². The van der Waals surface area contributed by atoms with E-state index in [9.17, 15) is 9.59 Å². The first kappa shape index (κ1) is 14.7. The van der Waals surface area contributed by atoms with Gasteiger partial charge in [0.25, 0.3) is 0 Å². The lowest BCUT2D eigenvalue weighted by Crippen LogP contribution is -2.43. The molecule has 0 unspecified atom stereocenters. The van der Waals surface area contributed by atoms with Gasteiger partial charge in [0.15, 0.2) is 0 Å². The van der Waals surface area contributed by atoms with Crippen LogP contribution >= 0.6 is 0 Å². The van der Waals surface area contributed by atoms with E-state index in [2.05, 4.69) is 11.4 Å². The Morgan fingerprint density at radius 2 is 2.18 bits per heavy atom. The van der Waals surface area contributed by atoms with Crippen LogP contribution in [0.3, 0.4) is 0 Å². The van der Waals surface area contributed by atoms with Gasteiger partial charge in [-0.2, -0.15) is 0 Å². The Hall–Kier alpha value is -2.24. The van der Waals surface area contributed by atoms with Crippen molar-refractivity contribution in [1.82, 2.24) is 10.2 Å². The van der Waals surface area contributed by atoms with E-state index in [4.69, 9.17) is 10.5 Å². The number of para-hydroxylation sites is 1. The normalized spacial score (nSPS) is 23.5. The zero-order valence-corrected chi connectivity index (χ0v) is 12.5. The monoisotopic (exact) mass is 303 g/mol. The fourth-order valence-electron chi connectivity index (χ4n) is 3.04. The molecule has 3 N–H and O–H groups in total. The average Bonchev–Trinajstić information content (AvgIpc) is 3.03. The van der Waals surface area contributed by atoms with Crippen LogP contribution in [0, 0.1) is 11.8 Å². The molecule has 0 spiro atoms. The van der Waals surface area contributed by atoms with Crippen LogP contribution in [-0.2, 0) is 11.2 Å². The van der Waals surface area contributed by atoms with Crippen LogP contribution < -0.4 is 15.8 Å². The minimum Gasteiger partial charge on any atom is -0.493 e. The summed E-state index contributed by atoms with van der Waals surface area (Å²) in [6, 6.07) is 7.86. The number of hydrogen-bond donors (Lipinski definition) is 2. The number of hydrogen-bond acceptors (Lipinski definition) is 3. The molecule has 0 bridgehead atoms. The van der Waals surface area contributed by atoms with Crippen molar-refractivity contribution in [2.45, 2.75) is 12.8 Å². The number of likely N-dealkylation sites (tertiary alicyclic amines) is 1. The largest absolute Gasteiger partial charge is 0.493 e. The molecule has 1 aromatic carbocycles. The number of urea groups is 1. The van der Waals surface area contributed by atoms with E-state index in [0.717, 1.165) is 12.2 Å². The van der Waals surface area contributed by atoms with Gasteiger partial charge in [-0.05, 0) is 24.5 Å². The molecule has 0 radical (unpaired) electrons. The van der Waals surface area contributed by atoms with Crippen LogP contribution in [0.25, 0.3) is 0 Å². The maximum absolute atomic E-state index is 12.1. The maximum atomic E-state index is 12.1. The Balaban J connectivity index is 1.47. The number of nitrogens with zero attached hydrogens (tertiary/aromatic N) is 1. The molecule has 22 heavy (non-hydrogen) atoms. The quantitative estimate of drug-likeness (QED) is 0.864. The number of carbonyl (C=O) groups excluding carboxylic acids is 2. The van der Waals surface area contributed by atoms with E-state index in [1.54, 1.807) is 4.90 Å². The van der Waals surface area contributed by atoms with E-state index >= 15 is 0 Å². The summed E-state index contributed by atoms with van der Waals surface area (Å²) in [5.41, 5.74) is 6.47. The summed E-state index contributed by atoms with van der Waals surface area (Å²) in [6.45, 7) is 2.20. The molecule has 0 aliphatic carbocycles. The number of rotatable bonds is 3. The van der Waals surface area contributed by atoms with Gasteiger partial charge in [0.1, 0.15) is 5.75 Å². The summed E-state index contributed by atoms with van der Waals surface area (Å²) in [7, 11) is 0. The molecule has 1 saturated heterocycles. The molecule has 118 valence electrons. The topological polar surface area (TPSA) is 84.7 Å². The third kappa shape index (κ3) is 3.16. The predicted octanol–water partition coefficient (Wildman–Crippen LogP) is 0.754. The highest BCUT2D eigenvalue weighted by atomic mass is 16.5. The third-order valence-corrected chi connectivity index (χ3v) is 4.38. The van der Waals surface area contributed by atoms with Gasteiger partial charge in [-0.1, -0.05) is 18.2 Å². The molecule has 2 aliphatic heterocycles.